The van der Waals surface area contributed by atoms with Crippen LogP contribution in [0.3, 0.4) is 0 Å². The maximum atomic E-state index is 11.4. The van der Waals surface area contributed by atoms with Crippen LogP contribution in [0.15, 0.2) is 18.2 Å². The molecule has 0 atom stereocenters. The molecular formula is C16H20ClNO3. The second kappa shape index (κ2) is 7.80. The van der Waals surface area contributed by atoms with Crippen LogP contribution in [0.4, 0.5) is 4.79 Å². The van der Waals surface area contributed by atoms with Crippen molar-refractivity contribution in [3.8, 4) is 17.6 Å². The molecule has 114 valence electrons. The molecule has 0 radical (unpaired) electrons. The monoisotopic (exact) mass is 309 g/mol. The van der Waals surface area contributed by atoms with Gasteiger partial charge in [-0.25, -0.2) is 4.79 Å². The van der Waals surface area contributed by atoms with Crippen LogP contribution in [0.25, 0.3) is 0 Å². The van der Waals surface area contributed by atoms with E-state index in [-0.39, 0.29) is 0 Å². The van der Waals surface area contributed by atoms with Crippen molar-refractivity contribution in [1.82, 2.24) is 5.32 Å². The predicted octanol–water partition coefficient (Wildman–Crippen LogP) is 3.61. The van der Waals surface area contributed by atoms with Crippen LogP contribution in [-0.4, -0.2) is 25.3 Å². The van der Waals surface area contributed by atoms with E-state index in [9.17, 15) is 4.79 Å². The highest BCUT2D eigenvalue weighted by atomic mass is 35.5. The van der Waals surface area contributed by atoms with Gasteiger partial charge in [-0.1, -0.05) is 23.4 Å². The largest absolute Gasteiger partial charge is 0.497 e. The Hall–Kier alpha value is -1.86. The molecule has 5 heteroatoms. The van der Waals surface area contributed by atoms with E-state index in [4.69, 9.17) is 21.1 Å². The number of carbonyl (C=O) groups excluding carboxylic acids is 1. The fourth-order valence-electron chi connectivity index (χ4n) is 1.43. The van der Waals surface area contributed by atoms with Crippen LogP contribution in [0.1, 0.15) is 32.8 Å². The molecule has 1 aromatic carbocycles. The minimum Gasteiger partial charge on any atom is -0.497 e. The molecule has 0 fully saturated rings. The minimum absolute atomic E-state index is 0.420. The van der Waals surface area contributed by atoms with Crippen molar-refractivity contribution in [1.29, 1.82) is 0 Å². The molecule has 1 amide bonds. The minimum atomic E-state index is -0.496. The highest BCUT2D eigenvalue weighted by Crippen LogP contribution is 2.20. The van der Waals surface area contributed by atoms with Gasteiger partial charge in [0.25, 0.3) is 0 Å². The quantitative estimate of drug-likeness (QED) is 0.685. The third-order valence-electron chi connectivity index (χ3n) is 2.31. The summed E-state index contributed by atoms with van der Waals surface area (Å²) in [4.78, 5) is 11.4. The van der Waals surface area contributed by atoms with Gasteiger partial charge in [0.05, 0.1) is 12.1 Å². The highest BCUT2D eigenvalue weighted by Gasteiger charge is 2.15. The van der Waals surface area contributed by atoms with Crippen molar-refractivity contribution < 1.29 is 14.3 Å². The molecule has 0 bridgehead atoms. The Kier molecular flexibility index (Phi) is 6.39. The first-order chi connectivity index (χ1) is 9.81. The first kappa shape index (κ1) is 17.2. The molecule has 0 aliphatic heterocycles. The summed E-state index contributed by atoms with van der Waals surface area (Å²) in [6, 6.07) is 5.29. The van der Waals surface area contributed by atoms with Gasteiger partial charge in [0.15, 0.2) is 0 Å². The van der Waals surface area contributed by atoms with Gasteiger partial charge in [0.2, 0.25) is 0 Å². The van der Waals surface area contributed by atoms with Gasteiger partial charge in [-0.3, -0.25) is 0 Å². The summed E-state index contributed by atoms with van der Waals surface area (Å²) >= 11 is 6.04. The smallest absolute Gasteiger partial charge is 0.407 e. The Morgan fingerprint density at radius 1 is 1.38 bits per heavy atom. The SMILES string of the molecule is COc1ccc(Cl)c(C#CCCNC(=O)OC(C)(C)C)c1. The Bertz CT molecular complexity index is 553. The molecular weight excluding hydrogens is 290 g/mol. The lowest BCUT2D eigenvalue weighted by Crippen LogP contribution is -2.32. The van der Waals surface area contributed by atoms with Gasteiger partial charge < -0.3 is 14.8 Å². The number of rotatable bonds is 3. The van der Waals surface area contributed by atoms with Gasteiger partial charge in [0, 0.05) is 18.5 Å². The summed E-state index contributed by atoms with van der Waals surface area (Å²) in [5, 5.41) is 3.21. The molecule has 0 saturated carbocycles. The number of amides is 1. The second-order valence-electron chi connectivity index (χ2n) is 5.33. The Labute approximate surface area is 130 Å². The number of ether oxygens (including phenoxy) is 2. The molecule has 0 unspecified atom stereocenters. The molecule has 21 heavy (non-hydrogen) atoms. The lowest BCUT2D eigenvalue weighted by molar-refractivity contribution is 0.0529. The number of carbonyl (C=O) groups is 1. The van der Waals surface area contributed by atoms with E-state index >= 15 is 0 Å². The molecule has 0 aliphatic rings. The average Bonchev–Trinajstić information content (AvgIpc) is 2.38. The van der Waals surface area contributed by atoms with Crippen LogP contribution in [-0.2, 0) is 4.74 Å². The summed E-state index contributed by atoms with van der Waals surface area (Å²) in [5.74, 6) is 6.61. The van der Waals surface area contributed by atoms with E-state index < -0.39 is 11.7 Å². The molecule has 4 nitrogen and oxygen atoms in total. The van der Waals surface area contributed by atoms with E-state index in [0.717, 1.165) is 0 Å². The zero-order chi connectivity index (χ0) is 15.9. The number of methoxy groups -OCH3 is 1. The van der Waals surface area contributed by atoms with Gasteiger partial charge in [0.1, 0.15) is 11.4 Å². The van der Waals surface area contributed by atoms with E-state index in [2.05, 4.69) is 17.2 Å². The fraction of sp³-hybridized carbons (Fsp3) is 0.438. The molecule has 0 aliphatic carbocycles. The summed E-state index contributed by atoms with van der Waals surface area (Å²) in [7, 11) is 1.59. The molecule has 1 aromatic rings. The maximum absolute atomic E-state index is 11.4. The third kappa shape index (κ3) is 6.92. The van der Waals surface area contributed by atoms with Crippen LogP contribution in [0, 0.1) is 11.8 Å². The van der Waals surface area contributed by atoms with Crippen LogP contribution in [0.5, 0.6) is 5.75 Å². The summed E-state index contributed by atoms with van der Waals surface area (Å²) in [5.41, 5.74) is 0.206. The standard InChI is InChI=1S/C16H20ClNO3/c1-16(2,3)21-15(19)18-10-6-5-7-12-11-13(20-4)8-9-14(12)17/h8-9,11H,6,10H2,1-4H3,(H,18,19). The van der Waals surface area contributed by atoms with Gasteiger partial charge in [-0.05, 0) is 39.0 Å². The van der Waals surface area contributed by atoms with Crippen molar-refractivity contribution in [3.63, 3.8) is 0 Å². The van der Waals surface area contributed by atoms with Crippen molar-refractivity contribution in [3.05, 3.63) is 28.8 Å². The lowest BCUT2D eigenvalue weighted by Gasteiger charge is -2.19. The third-order valence-corrected chi connectivity index (χ3v) is 2.64. The zero-order valence-corrected chi connectivity index (χ0v) is 13.5. The fourth-order valence-corrected chi connectivity index (χ4v) is 1.59. The number of hydrogen-bond acceptors (Lipinski definition) is 3. The number of nitrogens with one attached hydrogen (secondary N) is 1. The first-order valence-electron chi connectivity index (χ1n) is 6.61. The van der Waals surface area contributed by atoms with Gasteiger partial charge in [-0.2, -0.15) is 0 Å². The topological polar surface area (TPSA) is 47.6 Å². The van der Waals surface area contributed by atoms with E-state index in [0.29, 0.717) is 29.3 Å². The lowest BCUT2D eigenvalue weighted by atomic mass is 10.2. The predicted molar refractivity (Wildman–Crippen MR) is 83.7 cm³/mol. The number of benzene rings is 1. The highest BCUT2D eigenvalue weighted by molar-refractivity contribution is 6.31. The zero-order valence-electron chi connectivity index (χ0n) is 12.7. The van der Waals surface area contributed by atoms with Crippen molar-refractivity contribution in [2.24, 2.45) is 0 Å². The molecule has 0 saturated heterocycles. The van der Waals surface area contributed by atoms with Crippen LogP contribution < -0.4 is 10.1 Å². The summed E-state index contributed by atoms with van der Waals surface area (Å²) in [6.45, 7) is 5.87. The van der Waals surface area contributed by atoms with Gasteiger partial charge >= 0.3 is 6.09 Å². The first-order valence-corrected chi connectivity index (χ1v) is 6.99. The maximum Gasteiger partial charge on any atom is 0.407 e. The van der Waals surface area contributed by atoms with E-state index in [1.165, 1.54) is 0 Å². The van der Waals surface area contributed by atoms with E-state index in [1.54, 1.807) is 25.3 Å². The normalized spacial score (nSPS) is 10.3. The number of halogens is 1. The Morgan fingerprint density at radius 3 is 2.71 bits per heavy atom. The molecule has 0 spiro atoms. The summed E-state index contributed by atoms with van der Waals surface area (Å²) in [6.07, 6.45) is 0.0657. The second-order valence-corrected chi connectivity index (χ2v) is 5.73. The Morgan fingerprint density at radius 2 is 2.10 bits per heavy atom. The summed E-state index contributed by atoms with van der Waals surface area (Å²) < 4.78 is 10.2. The van der Waals surface area contributed by atoms with E-state index in [1.807, 2.05) is 20.8 Å². The number of hydrogen-bond donors (Lipinski definition) is 1. The van der Waals surface area contributed by atoms with Crippen molar-refractivity contribution in [2.45, 2.75) is 32.8 Å². The Balaban J connectivity index is 2.45. The average molecular weight is 310 g/mol. The van der Waals surface area contributed by atoms with Crippen molar-refractivity contribution >= 4 is 17.7 Å². The van der Waals surface area contributed by atoms with Crippen LogP contribution in [0.2, 0.25) is 5.02 Å². The van der Waals surface area contributed by atoms with Crippen LogP contribution >= 0.6 is 11.6 Å². The number of alkyl carbamates (subject to hydrolysis) is 1. The molecule has 1 N–H and O–H groups in total. The van der Waals surface area contributed by atoms with Crippen molar-refractivity contribution in [2.75, 3.05) is 13.7 Å². The molecule has 1 rings (SSSR count). The molecule has 0 heterocycles. The molecule has 0 aromatic heterocycles. The van der Waals surface area contributed by atoms with Gasteiger partial charge in [-0.15, -0.1) is 0 Å².